The molecule has 4 N–H and O–H groups in total. The van der Waals surface area contributed by atoms with Gasteiger partial charge in [-0.1, -0.05) is 6.07 Å². The summed E-state index contributed by atoms with van der Waals surface area (Å²) in [5.41, 5.74) is 5.56. The number of carbonyl (C=O) groups excluding carboxylic acids is 1. The van der Waals surface area contributed by atoms with Crippen molar-refractivity contribution in [2.75, 3.05) is 11.9 Å². The summed E-state index contributed by atoms with van der Waals surface area (Å²) in [6.45, 7) is -0.258. The molecule has 0 heterocycles. The smallest absolute Gasteiger partial charge is 0.406 e. The fraction of sp³-hybridized carbons (Fsp3) is 0.364. The molecule has 1 atom stereocenters. The number of anilines is 1. The lowest BCUT2D eigenvalue weighted by molar-refractivity contribution is -0.274. The van der Waals surface area contributed by atoms with E-state index in [1.807, 2.05) is 0 Å². The summed E-state index contributed by atoms with van der Waals surface area (Å²) < 4.78 is 39.7. The monoisotopic (exact) mass is 278 g/mol. The van der Waals surface area contributed by atoms with Crippen LogP contribution in [0.25, 0.3) is 0 Å². The fourth-order valence-corrected chi connectivity index (χ4v) is 1.28. The number of hydrogen-bond acceptors (Lipinski definition) is 4. The Morgan fingerprint density at radius 1 is 1.47 bits per heavy atom. The van der Waals surface area contributed by atoms with Crippen LogP contribution in [-0.2, 0) is 4.79 Å². The number of nitrogens with one attached hydrogen (secondary N) is 1. The minimum absolute atomic E-state index is 0.0601. The second kappa shape index (κ2) is 6.39. The molecule has 8 heteroatoms. The Labute approximate surface area is 107 Å². The molecule has 1 rings (SSSR count). The van der Waals surface area contributed by atoms with Crippen LogP contribution in [0.5, 0.6) is 5.75 Å². The van der Waals surface area contributed by atoms with Crippen LogP contribution in [-0.4, -0.2) is 30.0 Å². The van der Waals surface area contributed by atoms with Gasteiger partial charge in [0.1, 0.15) is 5.75 Å². The van der Waals surface area contributed by atoms with Crippen LogP contribution >= 0.6 is 0 Å². The first-order valence-electron chi connectivity index (χ1n) is 5.35. The van der Waals surface area contributed by atoms with Crippen molar-refractivity contribution in [2.45, 2.75) is 18.8 Å². The highest BCUT2D eigenvalue weighted by atomic mass is 19.4. The quantitative estimate of drug-likeness (QED) is 0.756. The lowest BCUT2D eigenvalue weighted by Crippen LogP contribution is -2.36. The molecule has 0 aliphatic rings. The van der Waals surface area contributed by atoms with Crippen LogP contribution in [0.2, 0.25) is 0 Å². The molecule has 0 unspecified atom stereocenters. The van der Waals surface area contributed by atoms with E-state index in [2.05, 4.69) is 10.1 Å². The highest BCUT2D eigenvalue weighted by Crippen LogP contribution is 2.25. The average Bonchev–Trinajstić information content (AvgIpc) is 2.27. The summed E-state index contributed by atoms with van der Waals surface area (Å²) in [5.74, 6) is -1.04. The Hall–Kier alpha value is -1.80. The maximum absolute atomic E-state index is 12.0. The Balaban J connectivity index is 2.69. The summed E-state index contributed by atoms with van der Waals surface area (Å²) in [4.78, 5) is 11.5. The van der Waals surface area contributed by atoms with Crippen LogP contribution in [0.3, 0.4) is 0 Å². The second-order valence-electron chi connectivity index (χ2n) is 3.68. The van der Waals surface area contributed by atoms with E-state index in [-0.39, 0.29) is 18.7 Å². The van der Waals surface area contributed by atoms with E-state index in [0.717, 1.165) is 12.1 Å². The van der Waals surface area contributed by atoms with Gasteiger partial charge in [0.25, 0.3) is 0 Å². The first kappa shape index (κ1) is 15.3. The van der Waals surface area contributed by atoms with Gasteiger partial charge in [-0.15, -0.1) is 13.2 Å². The van der Waals surface area contributed by atoms with Crippen molar-refractivity contribution < 1.29 is 27.8 Å². The fourth-order valence-electron chi connectivity index (χ4n) is 1.28. The summed E-state index contributed by atoms with van der Waals surface area (Å²) >= 11 is 0. The molecule has 0 fully saturated rings. The van der Waals surface area contributed by atoms with Gasteiger partial charge in [-0.25, -0.2) is 0 Å². The lowest BCUT2D eigenvalue weighted by atomic mass is 10.2. The number of alkyl halides is 3. The van der Waals surface area contributed by atoms with Crippen molar-refractivity contribution in [2.24, 2.45) is 5.73 Å². The van der Waals surface area contributed by atoms with Gasteiger partial charge >= 0.3 is 6.36 Å². The maximum Gasteiger partial charge on any atom is 0.573 e. The molecule has 0 saturated heterocycles. The van der Waals surface area contributed by atoms with Crippen molar-refractivity contribution in [1.29, 1.82) is 0 Å². The third-order valence-corrected chi connectivity index (χ3v) is 2.11. The SMILES string of the molecule is N[C@H](CCO)C(=O)Nc1cccc(OC(F)(F)F)c1. The molecular formula is C11H13F3N2O3. The molecule has 5 nitrogen and oxygen atoms in total. The highest BCUT2D eigenvalue weighted by Gasteiger charge is 2.31. The van der Waals surface area contributed by atoms with Crippen molar-refractivity contribution in [3.63, 3.8) is 0 Å². The molecule has 0 spiro atoms. The van der Waals surface area contributed by atoms with Gasteiger partial charge in [0, 0.05) is 18.4 Å². The first-order valence-corrected chi connectivity index (χ1v) is 5.35. The molecule has 106 valence electrons. The van der Waals surface area contributed by atoms with Crippen molar-refractivity contribution >= 4 is 11.6 Å². The maximum atomic E-state index is 12.0. The third kappa shape index (κ3) is 5.58. The number of aliphatic hydroxyl groups excluding tert-OH is 1. The zero-order valence-electron chi connectivity index (χ0n) is 9.78. The molecule has 0 saturated carbocycles. The van der Waals surface area contributed by atoms with E-state index in [4.69, 9.17) is 10.8 Å². The molecular weight excluding hydrogens is 265 g/mol. The van der Waals surface area contributed by atoms with Crippen LogP contribution < -0.4 is 15.8 Å². The van der Waals surface area contributed by atoms with Gasteiger partial charge in [0.2, 0.25) is 5.91 Å². The number of ether oxygens (including phenoxy) is 1. The predicted octanol–water partition coefficient (Wildman–Crippen LogP) is 1.23. The standard InChI is InChI=1S/C11H13F3N2O3/c12-11(13,14)19-8-3-1-2-7(6-8)16-10(18)9(15)4-5-17/h1-3,6,9,17H,4-5,15H2,(H,16,18)/t9-/m1/s1. The minimum atomic E-state index is -4.80. The Morgan fingerprint density at radius 2 is 2.16 bits per heavy atom. The largest absolute Gasteiger partial charge is 0.573 e. The van der Waals surface area contributed by atoms with Gasteiger partial charge in [0.15, 0.2) is 0 Å². The summed E-state index contributed by atoms with van der Waals surface area (Å²) in [6, 6.07) is 3.90. The Morgan fingerprint density at radius 3 is 2.74 bits per heavy atom. The summed E-state index contributed by atoms with van der Waals surface area (Å²) in [5, 5.41) is 10.9. The molecule has 1 aromatic carbocycles. The Bertz CT molecular complexity index is 437. The van der Waals surface area contributed by atoms with E-state index in [1.165, 1.54) is 12.1 Å². The van der Waals surface area contributed by atoms with Gasteiger partial charge in [-0.2, -0.15) is 0 Å². The summed E-state index contributed by atoms with van der Waals surface area (Å²) in [7, 11) is 0. The van der Waals surface area contributed by atoms with E-state index < -0.39 is 24.1 Å². The molecule has 19 heavy (non-hydrogen) atoms. The van der Waals surface area contributed by atoms with E-state index in [0.29, 0.717) is 0 Å². The average molecular weight is 278 g/mol. The van der Waals surface area contributed by atoms with Crippen molar-refractivity contribution in [3.8, 4) is 5.75 Å². The van der Waals surface area contributed by atoms with Crippen LogP contribution in [0.1, 0.15) is 6.42 Å². The highest BCUT2D eigenvalue weighted by molar-refractivity contribution is 5.94. The van der Waals surface area contributed by atoms with Gasteiger partial charge in [-0.05, 0) is 18.6 Å². The van der Waals surface area contributed by atoms with Gasteiger partial charge in [0.05, 0.1) is 6.04 Å². The third-order valence-electron chi connectivity index (χ3n) is 2.11. The number of nitrogens with two attached hydrogens (primary N) is 1. The number of aliphatic hydroxyl groups is 1. The second-order valence-corrected chi connectivity index (χ2v) is 3.68. The number of halogens is 3. The number of rotatable bonds is 5. The zero-order valence-corrected chi connectivity index (χ0v) is 9.78. The topological polar surface area (TPSA) is 84.6 Å². The molecule has 0 bridgehead atoms. The number of amides is 1. The van der Waals surface area contributed by atoms with Crippen LogP contribution in [0.4, 0.5) is 18.9 Å². The lowest BCUT2D eigenvalue weighted by Gasteiger charge is -2.13. The van der Waals surface area contributed by atoms with E-state index in [9.17, 15) is 18.0 Å². The Kier molecular flexibility index (Phi) is 5.13. The minimum Gasteiger partial charge on any atom is -0.406 e. The van der Waals surface area contributed by atoms with Crippen molar-refractivity contribution in [3.05, 3.63) is 24.3 Å². The van der Waals surface area contributed by atoms with Crippen LogP contribution in [0.15, 0.2) is 24.3 Å². The molecule has 0 radical (unpaired) electrons. The molecule has 0 aromatic heterocycles. The normalized spacial score (nSPS) is 12.9. The van der Waals surface area contributed by atoms with E-state index >= 15 is 0 Å². The number of hydrogen-bond donors (Lipinski definition) is 3. The molecule has 0 aliphatic carbocycles. The number of carbonyl (C=O) groups is 1. The van der Waals surface area contributed by atoms with Crippen LogP contribution in [0, 0.1) is 0 Å². The van der Waals surface area contributed by atoms with Gasteiger partial charge in [-0.3, -0.25) is 4.79 Å². The first-order chi connectivity index (χ1) is 8.81. The van der Waals surface area contributed by atoms with Crippen molar-refractivity contribution in [1.82, 2.24) is 0 Å². The number of benzene rings is 1. The molecule has 1 aromatic rings. The molecule has 1 amide bonds. The van der Waals surface area contributed by atoms with Gasteiger partial charge < -0.3 is 20.9 Å². The summed E-state index contributed by atoms with van der Waals surface area (Å²) in [6.07, 6.45) is -4.74. The molecule has 0 aliphatic heterocycles. The zero-order chi connectivity index (χ0) is 14.5. The predicted molar refractivity (Wildman–Crippen MR) is 61.4 cm³/mol. The van der Waals surface area contributed by atoms with E-state index in [1.54, 1.807) is 0 Å².